The van der Waals surface area contributed by atoms with Crippen molar-refractivity contribution in [3.05, 3.63) is 46.5 Å². The van der Waals surface area contributed by atoms with Crippen molar-refractivity contribution in [2.75, 3.05) is 13.2 Å². The molecule has 3 aliphatic heterocycles. The van der Waals surface area contributed by atoms with Gasteiger partial charge < -0.3 is 24.1 Å². The number of hydrogen-bond donors (Lipinski definition) is 1. The molecule has 0 radical (unpaired) electrons. The first-order valence-corrected chi connectivity index (χ1v) is 9.79. The third-order valence-corrected chi connectivity index (χ3v) is 5.21. The summed E-state index contributed by atoms with van der Waals surface area (Å²) in [6, 6.07) is 0. The first kappa shape index (κ1) is 22.5. The zero-order valence-corrected chi connectivity index (χ0v) is 17.7. The van der Waals surface area contributed by atoms with Crippen LogP contribution >= 0.6 is 0 Å². The van der Waals surface area contributed by atoms with Gasteiger partial charge in [-0.1, -0.05) is 6.92 Å². The molecule has 9 heteroatoms. The monoisotopic (exact) mass is 432 g/mol. The Morgan fingerprint density at radius 1 is 1.32 bits per heavy atom. The van der Waals surface area contributed by atoms with Gasteiger partial charge >= 0.3 is 17.9 Å². The number of esters is 3. The Morgan fingerprint density at radius 3 is 2.68 bits per heavy atom. The quantitative estimate of drug-likeness (QED) is 0.390. The SMILES string of the molecule is CC(=O)OCC1=C2C(=CC3(C)OC(=CC3=O)C(C)CC2OC(=O)C=C(C)CO)OC1=O. The van der Waals surface area contributed by atoms with Crippen LogP contribution in [0.2, 0.25) is 0 Å². The third-order valence-electron chi connectivity index (χ3n) is 5.21. The Labute approximate surface area is 179 Å². The van der Waals surface area contributed by atoms with Crippen LogP contribution in [0, 0.1) is 5.92 Å². The Balaban J connectivity index is 2.10. The lowest BCUT2D eigenvalue weighted by Crippen LogP contribution is -2.31. The molecule has 31 heavy (non-hydrogen) atoms. The molecule has 0 saturated carbocycles. The Kier molecular flexibility index (Phi) is 6.17. The summed E-state index contributed by atoms with van der Waals surface area (Å²) in [6.07, 6.45) is 3.15. The molecule has 3 unspecified atom stereocenters. The summed E-state index contributed by atoms with van der Waals surface area (Å²) in [5, 5.41) is 9.16. The standard InChI is InChI=1S/C22H24O9/c1-11(9-23)5-19(26)29-16-6-12(2)15-7-18(25)22(4,31-15)8-17-20(16)14(21(27)30-17)10-28-13(3)24/h5,7-8,12,16,23H,6,9-10H2,1-4H3. The lowest BCUT2D eigenvalue weighted by Gasteiger charge is -2.23. The van der Waals surface area contributed by atoms with Crippen molar-refractivity contribution in [3.63, 3.8) is 0 Å². The summed E-state index contributed by atoms with van der Waals surface area (Å²) in [5.74, 6) is -2.27. The van der Waals surface area contributed by atoms with Gasteiger partial charge in [-0.3, -0.25) is 9.59 Å². The average molecular weight is 432 g/mol. The highest BCUT2D eigenvalue weighted by Crippen LogP contribution is 2.41. The summed E-state index contributed by atoms with van der Waals surface area (Å²) in [4.78, 5) is 48.8. The van der Waals surface area contributed by atoms with Gasteiger partial charge in [0.15, 0.2) is 5.60 Å². The zero-order valence-electron chi connectivity index (χ0n) is 17.7. The number of ketones is 1. The number of aliphatic hydroxyl groups excluding tert-OH is 1. The molecule has 0 spiro atoms. The lowest BCUT2D eigenvalue weighted by molar-refractivity contribution is -0.143. The van der Waals surface area contributed by atoms with Crippen LogP contribution in [0.3, 0.4) is 0 Å². The average Bonchev–Trinajstić information content (AvgIpc) is 3.15. The van der Waals surface area contributed by atoms with Gasteiger partial charge in [-0.05, 0) is 25.8 Å². The van der Waals surface area contributed by atoms with E-state index in [9.17, 15) is 19.2 Å². The van der Waals surface area contributed by atoms with Crippen LogP contribution in [0.4, 0.5) is 0 Å². The smallest absolute Gasteiger partial charge is 0.343 e. The van der Waals surface area contributed by atoms with E-state index in [0.717, 1.165) is 6.08 Å². The molecule has 9 nitrogen and oxygen atoms in total. The minimum atomic E-state index is -1.38. The van der Waals surface area contributed by atoms with E-state index in [4.69, 9.17) is 24.1 Å². The molecule has 3 aliphatic rings. The van der Waals surface area contributed by atoms with E-state index in [0.29, 0.717) is 11.3 Å². The highest BCUT2D eigenvalue weighted by molar-refractivity contribution is 6.02. The molecule has 0 saturated heterocycles. The molecule has 0 aromatic heterocycles. The molecule has 0 amide bonds. The van der Waals surface area contributed by atoms with Crippen molar-refractivity contribution >= 4 is 23.7 Å². The topological polar surface area (TPSA) is 125 Å². The van der Waals surface area contributed by atoms with E-state index >= 15 is 0 Å². The molecule has 0 aromatic rings. The van der Waals surface area contributed by atoms with Crippen LogP contribution in [-0.2, 0) is 38.1 Å². The van der Waals surface area contributed by atoms with Gasteiger partial charge in [0.05, 0.1) is 12.2 Å². The number of rotatable bonds is 5. The van der Waals surface area contributed by atoms with Crippen LogP contribution in [0.15, 0.2) is 46.5 Å². The van der Waals surface area contributed by atoms with Crippen molar-refractivity contribution in [3.8, 4) is 0 Å². The van der Waals surface area contributed by atoms with Crippen LogP contribution < -0.4 is 0 Å². The van der Waals surface area contributed by atoms with Gasteiger partial charge in [-0.2, -0.15) is 0 Å². The number of fused-ring (bicyclic) bond motifs is 3. The molecule has 166 valence electrons. The summed E-state index contributed by atoms with van der Waals surface area (Å²) in [7, 11) is 0. The Morgan fingerprint density at radius 2 is 2.03 bits per heavy atom. The second-order valence-corrected chi connectivity index (χ2v) is 7.90. The molecular formula is C22H24O9. The molecule has 3 atom stereocenters. The van der Waals surface area contributed by atoms with Gasteiger partial charge in [0.2, 0.25) is 5.78 Å². The van der Waals surface area contributed by atoms with Crippen LogP contribution in [0.5, 0.6) is 0 Å². The van der Waals surface area contributed by atoms with Crippen LogP contribution in [0.1, 0.15) is 34.1 Å². The van der Waals surface area contributed by atoms with Crippen molar-refractivity contribution < 1.29 is 43.2 Å². The van der Waals surface area contributed by atoms with Gasteiger partial charge in [-0.15, -0.1) is 0 Å². The van der Waals surface area contributed by atoms with Gasteiger partial charge in [0.1, 0.15) is 24.2 Å². The van der Waals surface area contributed by atoms with Gasteiger partial charge in [-0.25, -0.2) is 9.59 Å². The first-order valence-electron chi connectivity index (χ1n) is 9.79. The molecule has 3 heterocycles. The minimum absolute atomic E-state index is 0.0208. The number of allylic oxidation sites excluding steroid dienone is 1. The van der Waals surface area contributed by atoms with Crippen molar-refractivity contribution in [2.45, 2.75) is 45.8 Å². The maximum Gasteiger partial charge on any atom is 0.343 e. The molecule has 0 fully saturated rings. The van der Waals surface area contributed by atoms with E-state index < -0.39 is 29.6 Å². The van der Waals surface area contributed by atoms with Crippen molar-refractivity contribution in [1.82, 2.24) is 0 Å². The third kappa shape index (κ3) is 4.61. The number of carbonyl (C=O) groups excluding carboxylic acids is 4. The second-order valence-electron chi connectivity index (χ2n) is 7.90. The molecule has 0 aromatic carbocycles. The largest absolute Gasteiger partial charge is 0.479 e. The normalized spacial score (nSPS) is 27.8. The molecule has 2 bridgehead atoms. The number of ether oxygens (including phenoxy) is 4. The minimum Gasteiger partial charge on any atom is -0.479 e. The van der Waals surface area contributed by atoms with Gasteiger partial charge in [0.25, 0.3) is 0 Å². The number of hydrogen-bond acceptors (Lipinski definition) is 9. The van der Waals surface area contributed by atoms with Crippen molar-refractivity contribution in [2.24, 2.45) is 5.92 Å². The Bertz CT molecular complexity index is 965. The zero-order chi connectivity index (χ0) is 22.9. The van der Waals surface area contributed by atoms with E-state index in [1.165, 1.54) is 19.1 Å². The van der Waals surface area contributed by atoms with Crippen molar-refractivity contribution in [1.29, 1.82) is 0 Å². The predicted molar refractivity (Wildman–Crippen MR) is 105 cm³/mol. The molecular weight excluding hydrogens is 408 g/mol. The van der Waals surface area contributed by atoms with E-state index in [1.54, 1.807) is 20.8 Å². The molecule has 0 aliphatic carbocycles. The second kappa shape index (κ2) is 8.50. The van der Waals surface area contributed by atoms with Crippen LogP contribution in [0.25, 0.3) is 0 Å². The predicted octanol–water partition coefficient (Wildman–Crippen LogP) is 1.42. The summed E-state index contributed by atoms with van der Waals surface area (Å²) < 4.78 is 21.9. The number of aliphatic hydroxyl groups is 1. The molecule has 1 N–H and O–H groups in total. The molecule has 3 rings (SSSR count). The highest BCUT2D eigenvalue weighted by atomic mass is 16.6. The summed E-state index contributed by atoms with van der Waals surface area (Å²) in [6.45, 7) is 5.43. The maximum atomic E-state index is 12.6. The lowest BCUT2D eigenvalue weighted by atomic mass is 9.90. The summed E-state index contributed by atoms with van der Waals surface area (Å²) >= 11 is 0. The number of carbonyl (C=O) groups is 4. The van der Waals surface area contributed by atoms with E-state index in [1.807, 2.05) is 0 Å². The van der Waals surface area contributed by atoms with Gasteiger partial charge in [0, 0.05) is 36.6 Å². The highest BCUT2D eigenvalue weighted by Gasteiger charge is 2.46. The maximum absolute atomic E-state index is 12.6. The first-order chi connectivity index (χ1) is 14.5. The fourth-order valence-electron chi connectivity index (χ4n) is 3.52. The fourth-order valence-corrected chi connectivity index (χ4v) is 3.52. The van der Waals surface area contributed by atoms with E-state index in [-0.39, 0.29) is 48.2 Å². The summed E-state index contributed by atoms with van der Waals surface area (Å²) in [5.41, 5.74) is -0.731. The Hall–Kier alpha value is -3.20. The van der Waals surface area contributed by atoms with Crippen LogP contribution in [-0.4, -0.2) is 53.7 Å². The fraction of sp³-hybridized carbons (Fsp3) is 0.455. The van der Waals surface area contributed by atoms with E-state index in [2.05, 4.69) is 0 Å².